The Kier molecular flexibility index (Phi) is 3.10. The van der Waals surface area contributed by atoms with Crippen LogP contribution >= 0.6 is 15.9 Å². The summed E-state index contributed by atoms with van der Waals surface area (Å²) in [4.78, 5) is 4.48. The van der Waals surface area contributed by atoms with Gasteiger partial charge in [0.15, 0.2) is 0 Å². The van der Waals surface area contributed by atoms with E-state index in [4.69, 9.17) is 0 Å². The molecule has 84 valence electrons. The summed E-state index contributed by atoms with van der Waals surface area (Å²) in [6.45, 7) is 4.80. The molecule has 0 saturated heterocycles. The van der Waals surface area contributed by atoms with Crippen LogP contribution in [0.5, 0.6) is 0 Å². The van der Waals surface area contributed by atoms with Crippen molar-refractivity contribution in [3.8, 4) is 0 Å². The molecule has 1 heterocycles. The lowest BCUT2D eigenvalue weighted by Crippen LogP contribution is -2.02. The number of pyridine rings is 1. The Labute approximate surface area is 102 Å². The van der Waals surface area contributed by atoms with Gasteiger partial charge in [-0.3, -0.25) is 0 Å². The van der Waals surface area contributed by atoms with E-state index in [0.29, 0.717) is 4.47 Å². The summed E-state index contributed by atoms with van der Waals surface area (Å²) < 4.78 is 13.9. The van der Waals surface area contributed by atoms with E-state index in [1.807, 2.05) is 19.9 Å². The third-order valence-electron chi connectivity index (χ3n) is 2.37. The van der Waals surface area contributed by atoms with Crippen LogP contribution in [0.4, 0.5) is 10.2 Å². The Morgan fingerprint density at radius 3 is 2.81 bits per heavy atom. The number of aromatic nitrogens is 1. The molecule has 0 aliphatic rings. The number of halogens is 2. The molecule has 1 N–H and O–H groups in total. The maximum absolute atomic E-state index is 13.2. The summed E-state index contributed by atoms with van der Waals surface area (Å²) in [5.74, 6) is 0.596. The van der Waals surface area contributed by atoms with Gasteiger partial charge in [0, 0.05) is 16.4 Å². The molecule has 0 fully saturated rings. The monoisotopic (exact) mass is 282 g/mol. The number of fused-ring (bicyclic) bond motifs is 1. The fourth-order valence-corrected chi connectivity index (χ4v) is 2.20. The molecule has 0 aliphatic heterocycles. The fourth-order valence-electron chi connectivity index (χ4n) is 1.66. The minimum Gasteiger partial charge on any atom is -0.370 e. The molecule has 0 radical (unpaired) electrons. The first-order valence-electron chi connectivity index (χ1n) is 5.12. The first-order chi connectivity index (χ1) is 7.61. The summed E-state index contributed by atoms with van der Waals surface area (Å²) >= 11 is 3.33. The van der Waals surface area contributed by atoms with E-state index in [9.17, 15) is 4.39 Å². The quantitative estimate of drug-likeness (QED) is 0.904. The van der Waals surface area contributed by atoms with E-state index in [2.05, 4.69) is 26.2 Å². The number of nitrogens with one attached hydrogen (secondary N) is 1. The maximum Gasteiger partial charge on any atom is 0.129 e. The summed E-state index contributed by atoms with van der Waals surface area (Å²) in [5, 5.41) is 4.00. The average molecular weight is 283 g/mol. The highest BCUT2D eigenvalue weighted by molar-refractivity contribution is 9.10. The SMILES string of the molecule is CCNc1nc2c(Br)cc(F)cc2cc1C. The van der Waals surface area contributed by atoms with Gasteiger partial charge >= 0.3 is 0 Å². The Bertz CT molecular complexity index is 540. The van der Waals surface area contributed by atoms with Gasteiger partial charge in [0.2, 0.25) is 0 Å². The second-order valence-corrected chi connectivity index (χ2v) is 4.50. The van der Waals surface area contributed by atoms with Gasteiger partial charge in [-0.05, 0) is 53.5 Å². The average Bonchev–Trinajstić information content (AvgIpc) is 2.20. The molecule has 0 atom stereocenters. The van der Waals surface area contributed by atoms with Gasteiger partial charge in [-0.25, -0.2) is 9.37 Å². The van der Waals surface area contributed by atoms with Crippen molar-refractivity contribution in [2.75, 3.05) is 11.9 Å². The number of hydrogen-bond donors (Lipinski definition) is 1. The van der Waals surface area contributed by atoms with Crippen LogP contribution in [0.2, 0.25) is 0 Å². The smallest absolute Gasteiger partial charge is 0.129 e. The second kappa shape index (κ2) is 4.37. The van der Waals surface area contributed by atoms with Gasteiger partial charge in [0.05, 0.1) is 5.52 Å². The number of benzene rings is 1. The Balaban J connectivity index is 2.69. The zero-order valence-corrected chi connectivity index (χ0v) is 10.7. The van der Waals surface area contributed by atoms with Crippen molar-refractivity contribution in [3.05, 3.63) is 34.1 Å². The van der Waals surface area contributed by atoms with Crippen LogP contribution < -0.4 is 5.32 Å². The molecule has 0 unspecified atom stereocenters. The van der Waals surface area contributed by atoms with Crippen LogP contribution in [0.1, 0.15) is 12.5 Å². The van der Waals surface area contributed by atoms with Crippen LogP contribution in [0, 0.1) is 12.7 Å². The van der Waals surface area contributed by atoms with E-state index < -0.39 is 0 Å². The summed E-state index contributed by atoms with van der Waals surface area (Å²) in [6, 6.07) is 4.87. The van der Waals surface area contributed by atoms with E-state index in [1.165, 1.54) is 12.1 Å². The third kappa shape index (κ3) is 2.02. The lowest BCUT2D eigenvalue weighted by atomic mass is 10.1. The van der Waals surface area contributed by atoms with E-state index in [1.54, 1.807) is 0 Å². The number of hydrogen-bond acceptors (Lipinski definition) is 2. The standard InChI is InChI=1S/C12H12BrFN2/c1-3-15-12-7(2)4-8-5-9(14)6-10(13)11(8)16-12/h4-6H,3H2,1-2H3,(H,15,16). The predicted molar refractivity (Wildman–Crippen MR) is 68.3 cm³/mol. The highest BCUT2D eigenvalue weighted by Crippen LogP contribution is 2.27. The van der Waals surface area contributed by atoms with Crippen molar-refractivity contribution in [2.45, 2.75) is 13.8 Å². The molecule has 0 aliphatic carbocycles. The Hall–Kier alpha value is -1.16. The van der Waals surface area contributed by atoms with Crippen molar-refractivity contribution in [1.29, 1.82) is 0 Å². The molecule has 16 heavy (non-hydrogen) atoms. The summed E-state index contributed by atoms with van der Waals surface area (Å²) in [7, 11) is 0. The van der Waals surface area contributed by atoms with Gasteiger partial charge in [-0.1, -0.05) is 0 Å². The predicted octanol–water partition coefficient (Wildman–Crippen LogP) is 3.88. The van der Waals surface area contributed by atoms with Gasteiger partial charge in [-0.2, -0.15) is 0 Å². The van der Waals surface area contributed by atoms with Gasteiger partial charge in [0.25, 0.3) is 0 Å². The van der Waals surface area contributed by atoms with Crippen molar-refractivity contribution < 1.29 is 4.39 Å². The first-order valence-corrected chi connectivity index (χ1v) is 5.91. The fraction of sp³-hybridized carbons (Fsp3) is 0.250. The Morgan fingerprint density at radius 1 is 1.38 bits per heavy atom. The number of rotatable bonds is 2. The summed E-state index contributed by atoms with van der Waals surface area (Å²) in [5.41, 5.74) is 1.80. The van der Waals surface area contributed by atoms with E-state index in [0.717, 1.165) is 28.8 Å². The molecule has 2 nitrogen and oxygen atoms in total. The molecule has 1 aromatic heterocycles. The minimum absolute atomic E-state index is 0.253. The van der Waals surface area contributed by atoms with E-state index in [-0.39, 0.29) is 5.82 Å². The molecular formula is C12H12BrFN2. The van der Waals surface area contributed by atoms with Crippen molar-refractivity contribution in [3.63, 3.8) is 0 Å². The zero-order valence-electron chi connectivity index (χ0n) is 9.14. The normalized spacial score (nSPS) is 10.8. The third-order valence-corrected chi connectivity index (χ3v) is 2.98. The van der Waals surface area contributed by atoms with Gasteiger partial charge in [-0.15, -0.1) is 0 Å². The number of anilines is 1. The van der Waals surface area contributed by atoms with Crippen molar-refractivity contribution in [2.24, 2.45) is 0 Å². The van der Waals surface area contributed by atoms with Crippen LogP contribution in [0.3, 0.4) is 0 Å². The molecule has 2 rings (SSSR count). The number of aryl methyl sites for hydroxylation is 1. The lowest BCUT2D eigenvalue weighted by Gasteiger charge is -2.09. The topological polar surface area (TPSA) is 24.9 Å². The molecule has 0 bridgehead atoms. The van der Waals surface area contributed by atoms with Crippen LogP contribution in [-0.4, -0.2) is 11.5 Å². The minimum atomic E-state index is -0.253. The lowest BCUT2D eigenvalue weighted by molar-refractivity contribution is 0.629. The highest BCUT2D eigenvalue weighted by atomic mass is 79.9. The largest absolute Gasteiger partial charge is 0.370 e. The molecular weight excluding hydrogens is 271 g/mol. The van der Waals surface area contributed by atoms with Crippen LogP contribution in [0.15, 0.2) is 22.7 Å². The van der Waals surface area contributed by atoms with Gasteiger partial charge in [0.1, 0.15) is 11.6 Å². The molecule has 0 amide bonds. The van der Waals surface area contributed by atoms with Crippen LogP contribution in [-0.2, 0) is 0 Å². The maximum atomic E-state index is 13.2. The van der Waals surface area contributed by atoms with Crippen LogP contribution in [0.25, 0.3) is 10.9 Å². The summed E-state index contributed by atoms with van der Waals surface area (Å²) in [6.07, 6.45) is 0. The van der Waals surface area contributed by atoms with Crippen molar-refractivity contribution >= 4 is 32.7 Å². The van der Waals surface area contributed by atoms with Gasteiger partial charge < -0.3 is 5.32 Å². The molecule has 2 aromatic rings. The van der Waals surface area contributed by atoms with E-state index >= 15 is 0 Å². The highest BCUT2D eigenvalue weighted by Gasteiger charge is 2.07. The Morgan fingerprint density at radius 2 is 2.12 bits per heavy atom. The molecule has 0 spiro atoms. The second-order valence-electron chi connectivity index (χ2n) is 3.64. The molecule has 4 heteroatoms. The van der Waals surface area contributed by atoms with Crippen molar-refractivity contribution in [1.82, 2.24) is 4.98 Å². The molecule has 0 saturated carbocycles. The number of nitrogens with zero attached hydrogens (tertiary/aromatic N) is 1. The first kappa shape index (κ1) is 11.3. The molecule has 1 aromatic carbocycles. The zero-order chi connectivity index (χ0) is 11.7.